The van der Waals surface area contributed by atoms with Crippen LogP contribution in [0.2, 0.25) is 5.02 Å². The topological polar surface area (TPSA) is 114 Å². The summed E-state index contributed by atoms with van der Waals surface area (Å²) in [5.74, 6) is -0.261. The maximum atomic E-state index is 13.0. The van der Waals surface area contributed by atoms with Crippen molar-refractivity contribution in [1.29, 1.82) is 0 Å². The lowest BCUT2D eigenvalue weighted by molar-refractivity contribution is -0.0872. The maximum absolute atomic E-state index is 13.0. The molecule has 0 aromatic heterocycles. The van der Waals surface area contributed by atoms with Gasteiger partial charge >= 0.3 is 6.09 Å². The van der Waals surface area contributed by atoms with E-state index in [4.69, 9.17) is 26.8 Å². The van der Waals surface area contributed by atoms with Gasteiger partial charge in [0.1, 0.15) is 11.4 Å². The molecule has 2 rings (SSSR count). The highest BCUT2D eigenvalue weighted by atomic mass is 35.5. The Morgan fingerprint density at radius 2 is 2.15 bits per heavy atom. The Hall–Kier alpha value is -2.19. The minimum absolute atomic E-state index is 0.172. The summed E-state index contributed by atoms with van der Waals surface area (Å²) in [4.78, 5) is 26.0. The molecule has 9 heteroatoms. The standard InChI is InChI=1S/C17H24ClN3O5/c1-4-17(14(26-3)6-5-7-21(17)16(23)24)20-15(22)10-8-11(18)12(19)9-13(10)25-2/h8-9,14H,4-7,19H2,1-3H3,(H,20,22)(H,23,24)/t14-,17+/m1/s1. The van der Waals surface area contributed by atoms with E-state index in [0.717, 1.165) is 0 Å². The van der Waals surface area contributed by atoms with Gasteiger partial charge in [0.15, 0.2) is 0 Å². The van der Waals surface area contributed by atoms with Crippen LogP contribution in [0.25, 0.3) is 0 Å². The lowest BCUT2D eigenvalue weighted by Gasteiger charge is -2.49. The summed E-state index contributed by atoms with van der Waals surface area (Å²) in [5, 5.41) is 12.7. The Bertz CT molecular complexity index is 699. The fourth-order valence-corrected chi connectivity index (χ4v) is 3.62. The van der Waals surface area contributed by atoms with Crippen LogP contribution in [0.3, 0.4) is 0 Å². The molecular weight excluding hydrogens is 362 g/mol. The predicted molar refractivity (Wildman–Crippen MR) is 97.7 cm³/mol. The van der Waals surface area contributed by atoms with Crippen molar-refractivity contribution in [3.8, 4) is 5.75 Å². The summed E-state index contributed by atoms with van der Waals surface area (Å²) in [6, 6.07) is 2.86. The van der Waals surface area contributed by atoms with E-state index in [0.29, 0.717) is 25.8 Å². The number of nitrogen functional groups attached to an aromatic ring is 1. The molecule has 26 heavy (non-hydrogen) atoms. The number of halogens is 1. The van der Waals surface area contributed by atoms with Crippen molar-refractivity contribution in [2.75, 3.05) is 26.5 Å². The van der Waals surface area contributed by atoms with E-state index in [1.54, 1.807) is 6.92 Å². The number of likely N-dealkylation sites (tertiary alicyclic amines) is 1. The summed E-state index contributed by atoms with van der Waals surface area (Å²) >= 11 is 6.04. The number of nitrogens with two attached hydrogens (primary N) is 1. The van der Waals surface area contributed by atoms with E-state index in [-0.39, 0.29) is 22.0 Å². The van der Waals surface area contributed by atoms with Gasteiger partial charge in [-0.3, -0.25) is 9.69 Å². The minimum atomic E-state index is -1.19. The molecule has 0 saturated carbocycles. The first-order valence-electron chi connectivity index (χ1n) is 8.29. The van der Waals surface area contributed by atoms with Crippen LogP contribution >= 0.6 is 11.6 Å². The van der Waals surface area contributed by atoms with E-state index in [1.807, 2.05) is 0 Å². The summed E-state index contributed by atoms with van der Waals surface area (Å²) in [5.41, 5.74) is 5.03. The number of hydrogen-bond acceptors (Lipinski definition) is 5. The molecule has 4 N–H and O–H groups in total. The molecule has 0 spiro atoms. The second kappa shape index (κ2) is 8.01. The smallest absolute Gasteiger partial charge is 0.409 e. The van der Waals surface area contributed by atoms with Crippen molar-refractivity contribution in [3.05, 3.63) is 22.7 Å². The number of hydrogen-bond donors (Lipinski definition) is 3. The summed E-state index contributed by atoms with van der Waals surface area (Å²) in [7, 11) is 2.92. The first-order valence-corrected chi connectivity index (χ1v) is 8.67. The van der Waals surface area contributed by atoms with Gasteiger partial charge in [0, 0.05) is 19.7 Å². The second-order valence-electron chi connectivity index (χ2n) is 6.11. The molecule has 0 radical (unpaired) electrons. The Kier molecular flexibility index (Phi) is 6.20. The number of ether oxygens (including phenoxy) is 2. The molecule has 0 aliphatic carbocycles. The zero-order valence-corrected chi connectivity index (χ0v) is 15.8. The quantitative estimate of drug-likeness (QED) is 0.671. The highest BCUT2D eigenvalue weighted by molar-refractivity contribution is 6.33. The number of benzene rings is 1. The first-order chi connectivity index (χ1) is 12.3. The van der Waals surface area contributed by atoms with Crippen molar-refractivity contribution in [2.24, 2.45) is 0 Å². The maximum Gasteiger partial charge on any atom is 0.409 e. The number of amides is 2. The van der Waals surface area contributed by atoms with Gasteiger partial charge in [-0.1, -0.05) is 18.5 Å². The lowest BCUT2D eigenvalue weighted by Crippen LogP contribution is -2.70. The molecule has 1 fully saturated rings. The molecule has 1 saturated heterocycles. The molecule has 0 bridgehead atoms. The van der Waals surface area contributed by atoms with Gasteiger partial charge < -0.3 is 25.6 Å². The van der Waals surface area contributed by atoms with E-state index >= 15 is 0 Å². The fraction of sp³-hybridized carbons (Fsp3) is 0.529. The highest BCUT2D eigenvalue weighted by Crippen LogP contribution is 2.34. The van der Waals surface area contributed by atoms with Gasteiger partial charge in [0.2, 0.25) is 0 Å². The third kappa shape index (κ3) is 3.52. The number of carbonyl (C=O) groups excluding carboxylic acids is 1. The molecule has 1 heterocycles. The van der Waals surface area contributed by atoms with Gasteiger partial charge in [0.05, 0.1) is 29.5 Å². The molecule has 1 aliphatic heterocycles. The molecular formula is C17H24ClN3O5. The fourth-order valence-electron chi connectivity index (χ4n) is 3.46. The van der Waals surface area contributed by atoms with Gasteiger partial charge in [-0.25, -0.2) is 4.79 Å². The van der Waals surface area contributed by atoms with Crippen LogP contribution in [0.5, 0.6) is 5.75 Å². The number of rotatable bonds is 5. The van der Waals surface area contributed by atoms with Crippen molar-refractivity contribution < 1.29 is 24.2 Å². The highest BCUT2D eigenvalue weighted by Gasteiger charge is 2.49. The second-order valence-corrected chi connectivity index (χ2v) is 6.51. The van der Waals surface area contributed by atoms with Crippen LogP contribution in [0, 0.1) is 0 Å². The largest absolute Gasteiger partial charge is 0.496 e. The van der Waals surface area contributed by atoms with Crippen LogP contribution in [0.1, 0.15) is 36.5 Å². The molecule has 0 unspecified atom stereocenters. The van der Waals surface area contributed by atoms with Gasteiger partial charge in [-0.15, -0.1) is 0 Å². The number of carboxylic acid groups (broad SMARTS) is 1. The first kappa shape index (κ1) is 20.1. The number of anilines is 1. The number of methoxy groups -OCH3 is 2. The van der Waals surface area contributed by atoms with Crippen molar-refractivity contribution in [2.45, 2.75) is 38.0 Å². The van der Waals surface area contributed by atoms with Crippen LogP contribution in [0.4, 0.5) is 10.5 Å². The number of nitrogens with one attached hydrogen (secondary N) is 1. The summed E-state index contributed by atoms with van der Waals surface area (Å²) in [6.45, 7) is 2.11. The minimum Gasteiger partial charge on any atom is -0.496 e. The van der Waals surface area contributed by atoms with Gasteiger partial charge in [0.25, 0.3) is 5.91 Å². The Morgan fingerprint density at radius 3 is 2.69 bits per heavy atom. The zero-order valence-electron chi connectivity index (χ0n) is 15.0. The van der Waals surface area contributed by atoms with Crippen molar-refractivity contribution in [3.63, 3.8) is 0 Å². The van der Waals surface area contributed by atoms with E-state index < -0.39 is 23.8 Å². The molecule has 2 atom stereocenters. The van der Waals surface area contributed by atoms with E-state index in [2.05, 4.69) is 5.32 Å². The Morgan fingerprint density at radius 1 is 1.46 bits per heavy atom. The Labute approximate surface area is 157 Å². The average molecular weight is 386 g/mol. The number of carbonyl (C=O) groups is 2. The van der Waals surface area contributed by atoms with E-state index in [9.17, 15) is 14.7 Å². The Balaban J connectivity index is 2.45. The molecule has 144 valence electrons. The molecule has 2 amide bonds. The van der Waals surface area contributed by atoms with Crippen LogP contribution in [0.15, 0.2) is 12.1 Å². The van der Waals surface area contributed by atoms with Crippen molar-refractivity contribution in [1.82, 2.24) is 10.2 Å². The SMILES string of the molecule is CC[C@@]1(NC(=O)c2cc(Cl)c(N)cc2OC)[C@H](OC)CCCN1C(=O)O. The number of nitrogens with zero attached hydrogens (tertiary/aromatic N) is 1. The van der Waals surface area contributed by atoms with Crippen LogP contribution < -0.4 is 15.8 Å². The third-order valence-corrected chi connectivity index (χ3v) is 5.14. The molecule has 1 aliphatic rings. The summed E-state index contributed by atoms with van der Waals surface area (Å²) in [6.07, 6.45) is 0.0370. The zero-order chi connectivity index (χ0) is 19.5. The lowest BCUT2D eigenvalue weighted by atomic mass is 9.89. The molecule has 1 aromatic rings. The van der Waals surface area contributed by atoms with Crippen molar-refractivity contribution >= 4 is 29.3 Å². The summed E-state index contributed by atoms with van der Waals surface area (Å²) < 4.78 is 10.7. The molecule has 8 nitrogen and oxygen atoms in total. The molecule has 1 aromatic carbocycles. The van der Waals surface area contributed by atoms with E-state index in [1.165, 1.54) is 31.3 Å². The average Bonchev–Trinajstić information content (AvgIpc) is 2.62. The van der Waals surface area contributed by atoms with Gasteiger partial charge in [-0.05, 0) is 25.3 Å². The normalized spacial score (nSPS) is 22.8. The van der Waals surface area contributed by atoms with Gasteiger partial charge in [-0.2, -0.15) is 0 Å². The third-order valence-electron chi connectivity index (χ3n) is 4.81. The van der Waals surface area contributed by atoms with Crippen LogP contribution in [-0.2, 0) is 4.74 Å². The predicted octanol–water partition coefficient (Wildman–Crippen LogP) is 2.56. The number of piperidine rings is 1. The van der Waals surface area contributed by atoms with Crippen LogP contribution in [-0.4, -0.2) is 54.5 Å². The monoisotopic (exact) mass is 385 g/mol.